The van der Waals surface area contributed by atoms with E-state index < -0.39 is 5.91 Å². The standard InChI is InChI=1S/C12H13BrN4O3/c1-6-10(13)7(2)17(12(19)15-6)5-8-3-4-9(20-8)11(18)16-14/h3-4H,5,14H2,1-2H3,(H,16,18). The zero-order chi connectivity index (χ0) is 14.9. The molecule has 8 heteroatoms. The number of aromatic nitrogens is 2. The summed E-state index contributed by atoms with van der Waals surface area (Å²) in [6, 6.07) is 3.11. The summed E-state index contributed by atoms with van der Waals surface area (Å²) in [4.78, 5) is 27.1. The molecule has 0 aromatic carbocycles. The SMILES string of the molecule is Cc1nc(=O)n(Cc2ccc(C(=O)NN)o2)c(C)c1Br. The zero-order valence-corrected chi connectivity index (χ0v) is 12.5. The summed E-state index contributed by atoms with van der Waals surface area (Å²) in [6.07, 6.45) is 0. The van der Waals surface area contributed by atoms with Gasteiger partial charge in [-0.15, -0.1) is 0 Å². The van der Waals surface area contributed by atoms with Gasteiger partial charge in [-0.1, -0.05) is 0 Å². The minimum absolute atomic E-state index is 0.0901. The number of hydrazine groups is 1. The maximum absolute atomic E-state index is 11.9. The van der Waals surface area contributed by atoms with Crippen LogP contribution in [0.3, 0.4) is 0 Å². The van der Waals surface area contributed by atoms with Crippen LogP contribution < -0.4 is 17.0 Å². The number of carbonyl (C=O) groups excluding carboxylic acids is 1. The highest BCUT2D eigenvalue weighted by atomic mass is 79.9. The Morgan fingerprint density at radius 3 is 2.85 bits per heavy atom. The van der Waals surface area contributed by atoms with E-state index in [1.165, 1.54) is 10.6 Å². The second-order valence-corrected chi connectivity index (χ2v) is 5.00. The smallest absolute Gasteiger partial charge is 0.348 e. The fourth-order valence-electron chi connectivity index (χ4n) is 1.77. The van der Waals surface area contributed by atoms with E-state index in [4.69, 9.17) is 10.3 Å². The van der Waals surface area contributed by atoms with Crippen molar-refractivity contribution >= 4 is 21.8 Å². The van der Waals surface area contributed by atoms with Crippen molar-refractivity contribution in [2.75, 3.05) is 0 Å². The minimum atomic E-state index is -0.525. The van der Waals surface area contributed by atoms with Crippen LogP contribution in [0.25, 0.3) is 0 Å². The van der Waals surface area contributed by atoms with Gasteiger partial charge < -0.3 is 4.42 Å². The minimum Gasteiger partial charge on any atom is -0.454 e. The van der Waals surface area contributed by atoms with Crippen LogP contribution in [0.4, 0.5) is 0 Å². The number of amides is 1. The first-order chi connectivity index (χ1) is 9.43. The molecule has 0 aliphatic heterocycles. The van der Waals surface area contributed by atoms with Crippen LogP contribution >= 0.6 is 15.9 Å². The van der Waals surface area contributed by atoms with Crippen LogP contribution in [-0.4, -0.2) is 15.5 Å². The van der Waals surface area contributed by atoms with Crippen molar-refractivity contribution in [2.45, 2.75) is 20.4 Å². The highest BCUT2D eigenvalue weighted by molar-refractivity contribution is 9.10. The average molecular weight is 341 g/mol. The molecule has 0 fully saturated rings. The zero-order valence-electron chi connectivity index (χ0n) is 10.9. The van der Waals surface area contributed by atoms with Crippen LogP contribution in [-0.2, 0) is 6.54 Å². The van der Waals surface area contributed by atoms with Crippen LogP contribution in [0.1, 0.15) is 27.7 Å². The van der Waals surface area contributed by atoms with Crippen LogP contribution in [0.2, 0.25) is 0 Å². The van der Waals surface area contributed by atoms with Gasteiger partial charge in [0, 0.05) is 5.69 Å². The van der Waals surface area contributed by atoms with Crippen LogP contribution in [0.15, 0.2) is 25.8 Å². The van der Waals surface area contributed by atoms with E-state index in [9.17, 15) is 9.59 Å². The Morgan fingerprint density at radius 1 is 1.50 bits per heavy atom. The molecule has 2 aromatic rings. The number of nitrogens with one attached hydrogen (secondary N) is 1. The third kappa shape index (κ3) is 2.66. The number of nitrogens with two attached hydrogens (primary N) is 1. The summed E-state index contributed by atoms with van der Waals surface area (Å²) < 4.78 is 7.55. The molecule has 0 aliphatic carbocycles. The molecule has 0 radical (unpaired) electrons. The molecule has 0 bridgehead atoms. The number of aryl methyl sites for hydroxylation is 1. The number of hydrogen-bond acceptors (Lipinski definition) is 5. The molecule has 2 rings (SSSR count). The fourth-order valence-corrected chi connectivity index (χ4v) is 2.08. The van der Waals surface area contributed by atoms with Gasteiger partial charge in [-0.25, -0.2) is 10.6 Å². The van der Waals surface area contributed by atoms with Crippen molar-refractivity contribution in [1.29, 1.82) is 0 Å². The predicted octanol–water partition coefficient (Wildman–Crippen LogP) is 0.867. The van der Waals surface area contributed by atoms with Crippen LogP contribution in [0.5, 0.6) is 0 Å². The van der Waals surface area contributed by atoms with E-state index in [2.05, 4.69) is 20.9 Å². The van der Waals surface area contributed by atoms with Crippen molar-refractivity contribution < 1.29 is 9.21 Å². The summed E-state index contributed by atoms with van der Waals surface area (Å²) >= 11 is 3.38. The van der Waals surface area contributed by atoms with Gasteiger partial charge in [0.1, 0.15) is 5.76 Å². The van der Waals surface area contributed by atoms with Crippen molar-refractivity contribution in [3.63, 3.8) is 0 Å². The van der Waals surface area contributed by atoms with Crippen molar-refractivity contribution in [2.24, 2.45) is 5.84 Å². The Morgan fingerprint density at radius 2 is 2.20 bits per heavy atom. The lowest BCUT2D eigenvalue weighted by Gasteiger charge is -2.10. The Hall–Kier alpha value is -1.93. The molecule has 20 heavy (non-hydrogen) atoms. The summed E-state index contributed by atoms with van der Waals surface area (Å²) in [7, 11) is 0. The number of hydrogen-bond donors (Lipinski definition) is 2. The quantitative estimate of drug-likeness (QED) is 0.490. The molecule has 0 aliphatic rings. The summed E-state index contributed by atoms with van der Waals surface area (Å²) in [5, 5.41) is 0. The summed E-state index contributed by atoms with van der Waals surface area (Å²) in [6.45, 7) is 3.74. The highest BCUT2D eigenvalue weighted by Crippen LogP contribution is 2.18. The fraction of sp³-hybridized carbons (Fsp3) is 0.250. The van der Waals surface area contributed by atoms with E-state index in [1.807, 2.05) is 5.43 Å². The van der Waals surface area contributed by atoms with Gasteiger partial charge in [-0.2, -0.15) is 4.98 Å². The van der Waals surface area contributed by atoms with Gasteiger partial charge in [0.05, 0.1) is 16.7 Å². The molecule has 0 spiro atoms. The lowest BCUT2D eigenvalue weighted by molar-refractivity contribution is 0.0924. The van der Waals surface area contributed by atoms with Gasteiger partial charge in [0.15, 0.2) is 5.76 Å². The predicted molar refractivity (Wildman–Crippen MR) is 75.1 cm³/mol. The number of nitrogens with zero attached hydrogens (tertiary/aromatic N) is 2. The van der Waals surface area contributed by atoms with E-state index in [-0.39, 0.29) is 18.0 Å². The molecule has 0 saturated carbocycles. The second-order valence-electron chi connectivity index (χ2n) is 4.20. The molecular formula is C12H13BrN4O3. The van der Waals surface area contributed by atoms with Crippen LogP contribution in [0, 0.1) is 13.8 Å². The number of halogens is 1. The largest absolute Gasteiger partial charge is 0.454 e. The maximum Gasteiger partial charge on any atom is 0.348 e. The van der Waals surface area contributed by atoms with Gasteiger partial charge in [-0.05, 0) is 41.9 Å². The normalized spacial score (nSPS) is 10.6. The Labute approximate surface area is 122 Å². The van der Waals surface area contributed by atoms with E-state index >= 15 is 0 Å². The molecule has 0 atom stereocenters. The van der Waals surface area contributed by atoms with Crippen molar-refractivity contribution in [1.82, 2.24) is 15.0 Å². The summed E-state index contributed by atoms with van der Waals surface area (Å²) in [5.74, 6) is 5.05. The first-order valence-corrected chi connectivity index (χ1v) is 6.56. The van der Waals surface area contributed by atoms with Gasteiger partial charge in [0.25, 0.3) is 0 Å². The average Bonchev–Trinajstić information content (AvgIpc) is 2.89. The van der Waals surface area contributed by atoms with E-state index in [0.29, 0.717) is 11.5 Å². The Balaban J connectivity index is 2.36. The maximum atomic E-state index is 11.9. The highest BCUT2D eigenvalue weighted by Gasteiger charge is 2.13. The molecule has 0 saturated heterocycles. The van der Waals surface area contributed by atoms with Crippen molar-refractivity contribution in [3.05, 3.63) is 50.0 Å². The molecule has 3 N–H and O–H groups in total. The Kier molecular flexibility index (Phi) is 4.05. The first kappa shape index (κ1) is 14.5. The number of furan rings is 1. The number of rotatable bonds is 3. The molecule has 106 valence electrons. The van der Waals surface area contributed by atoms with E-state index in [1.54, 1.807) is 19.9 Å². The Bertz CT molecular complexity index is 720. The van der Waals surface area contributed by atoms with Gasteiger partial charge >= 0.3 is 11.6 Å². The molecule has 2 aromatic heterocycles. The summed E-state index contributed by atoms with van der Waals surface area (Å²) in [5.41, 5.74) is 2.98. The molecular weight excluding hydrogens is 328 g/mol. The molecule has 0 unspecified atom stereocenters. The lowest BCUT2D eigenvalue weighted by atomic mass is 10.3. The molecule has 1 amide bonds. The number of carbonyl (C=O) groups is 1. The second kappa shape index (κ2) is 5.59. The third-order valence-corrected chi connectivity index (χ3v) is 4.01. The lowest BCUT2D eigenvalue weighted by Crippen LogP contribution is -2.29. The topological polar surface area (TPSA) is 103 Å². The van der Waals surface area contributed by atoms with Gasteiger partial charge in [0.2, 0.25) is 0 Å². The van der Waals surface area contributed by atoms with E-state index in [0.717, 1.165) is 10.2 Å². The first-order valence-electron chi connectivity index (χ1n) is 5.77. The third-order valence-electron chi connectivity index (χ3n) is 2.86. The van der Waals surface area contributed by atoms with Crippen molar-refractivity contribution in [3.8, 4) is 0 Å². The molecule has 2 heterocycles. The number of nitrogen functional groups attached to an aromatic ring is 1. The monoisotopic (exact) mass is 340 g/mol. The molecule has 7 nitrogen and oxygen atoms in total. The van der Waals surface area contributed by atoms with Gasteiger partial charge in [-0.3, -0.25) is 14.8 Å².